The third kappa shape index (κ3) is 6.03. The van der Waals surface area contributed by atoms with Crippen LogP contribution in [0.5, 0.6) is 0 Å². The molecule has 2 atom stereocenters. The molecule has 0 spiro atoms. The van der Waals surface area contributed by atoms with E-state index in [-0.39, 0.29) is 29.7 Å². The van der Waals surface area contributed by atoms with Crippen molar-refractivity contribution in [2.24, 2.45) is 0 Å². The molecule has 0 bridgehead atoms. The Kier molecular flexibility index (Phi) is 8.78. The lowest BCUT2D eigenvalue weighted by Crippen LogP contribution is -2.45. The molecule has 1 aliphatic carbocycles. The Balaban J connectivity index is 1.26. The number of unbranched alkanes of at least 4 members (excludes halogenated alkanes) is 1. The van der Waals surface area contributed by atoms with Gasteiger partial charge < -0.3 is 15.1 Å². The third-order valence-electron chi connectivity index (χ3n) is 8.59. The average molecular weight is 543 g/mol. The number of fused-ring (bicyclic) bond motifs is 1. The molecule has 1 unspecified atom stereocenters. The Labute approximate surface area is 236 Å². The summed E-state index contributed by atoms with van der Waals surface area (Å²) < 4.78 is 14.6. The van der Waals surface area contributed by atoms with Crippen molar-refractivity contribution < 1.29 is 14.0 Å². The summed E-state index contributed by atoms with van der Waals surface area (Å²) in [6.45, 7) is 3.86. The van der Waals surface area contributed by atoms with Gasteiger partial charge >= 0.3 is 0 Å². The van der Waals surface area contributed by atoms with E-state index in [9.17, 15) is 14.0 Å². The van der Waals surface area contributed by atoms with Gasteiger partial charge in [0.05, 0.1) is 12.0 Å². The van der Waals surface area contributed by atoms with Crippen LogP contribution < -0.4 is 10.2 Å². The molecule has 3 aromatic rings. The van der Waals surface area contributed by atoms with Crippen LogP contribution in [0.25, 0.3) is 0 Å². The first-order valence-corrected chi connectivity index (χ1v) is 14.6. The molecular weight excluding hydrogens is 503 g/mol. The molecule has 1 fully saturated rings. The maximum Gasteiger partial charge on any atom is 0.253 e. The van der Waals surface area contributed by atoms with Gasteiger partial charge in [-0.1, -0.05) is 44.0 Å². The lowest BCUT2D eigenvalue weighted by Gasteiger charge is -2.38. The average Bonchev–Trinajstić information content (AvgIpc) is 3.39. The van der Waals surface area contributed by atoms with Crippen LogP contribution in [0.2, 0.25) is 0 Å². The lowest BCUT2D eigenvalue weighted by atomic mass is 9.91. The van der Waals surface area contributed by atoms with Crippen LogP contribution in [0.4, 0.5) is 10.1 Å². The predicted molar refractivity (Wildman–Crippen MR) is 156 cm³/mol. The summed E-state index contributed by atoms with van der Waals surface area (Å²) in [5, 5.41) is 3.21. The zero-order valence-corrected chi connectivity index (χ0v) is 23.5. The minimum absolute atomic E-state index is 0.00863. The molecule has 1 N–H and O–H groups in total. The number of piperidine rings is 1. The predicted octanol–water partition coefficient (Wildman–Crippen LogP) is 6.04. The summed E-state index contributed by atoms with van der Waals surface area (Å²) in [6, 6.07) is 16.5. The SMILES string of the molecule is CCCCC(C(=O)N[C@@H]1CCc2ccc(C(=O)N(C)C3CCN(c4ccncc4)CC3)cc21)c1ccccc1F. The number of amides is 2. The van der Waals surface area contributed by atoms with E-state index in [0.29, 0.717) is 17.5 Å². The smallest absolute Gasteiger partial charge is 0.253 e. The highest BCUT2D eigenvalue weighted by molar-refractivity contribution is 5.94. The second-order valence-corrected chi connectivity index (χ2v) is 11.1. The van der Waals surface area contributed by atoms with Crippen molar-refractivity contribution in [3.05, 3.63) is 95.1 Å². The molecule has 2 aliphatic rings. The van der Waals surface area contributed by atoms with E-state index in [1.165, 1.54) is 11.8 Å². The largest absolute Gasteiger partial charge is 0.371 e. The van der Waals surface area contributed by atoms with Crippen molar-refractivity contribution in [2.75, 3.05) is 25.0 Å². The van der Waals surface area contributed by atoms with Crippen molar-refractivity contribution in [1.29, 1.82) is 0 Å². The van der Waals surface area contributed by atoms with E-state index in [0.717, 1.165) is 62.7 Å². The maximum atomic E-state index is 14.6. The van der Waals surface area contributed by atoms with Gasteiger partial charge in [0.1, 0.15) is 5.82 Å². The second kappa shape index (κ2) is 12.6. The monoisotopic (exact) mass is 542 g/mol. The minimum Gasteiger partial charge on any atom is -0.371 e. The van der Waals surface area contributed by atoms with Crippen LogP contribution in [0.15, 0.2) is 67.0 Å². The number of hydrogen-bond donors (Lipinski definition) is 1. The van der Waals surface area contributed by atoms with Crippen LogP contribution >= 0.6 is 0 Å². The summed E-state index contributed by atoms with van der Waals surface area (Å²) >= 11 is 0. The van der Waals surface area contributed by atoms with Gasteiger partial charge in [0.25, 0.3) is 5.91 Å². The van der Waals surface area contributed by atoms with E-state index < -0.39 is 5.92 Å². The van der Waals surface area contributed by atoms with Crippen LogP contribution in [0.1, 0.15) is 84.5 Å². The van der Waals surface area contributed by atoms with E-state index in [1.807, 2.05) is 54.7 Å². The molecule has 5 rings (SSSR count). The molecule has 7 heteroatoms. The topological polar surface area (TPSA) is 65.5 Å². The second-order valence-electron chi connectivity index (χ2n) is 11.1. The Bertz CT molecular complexity index is 1320. The summed E-state index contributed by atoms with van der Waals surface area (Å²) in [7, 11) is 1.90. The molecule has 210 valence electrons. The minimum atomic E-state index is -0.529. The Hall–Kier alpha value is -3.74. The van der Waals surface area contributed by atoms with Gasteiger partial charge in [-0.15, -0.1) is 0 Å². The van der Waals surface area contributed by atoms with Crippen LogP contribution in [0.3, 0.4) is 0 Å². The Morgan fingerprint density at radius 1 is 1.07 bits per heavy atom. The zero-order chi connectivity index (χ0) is 28.1. The van der Waals surface area contributed by atoms with E-state index in [4.69, 9.17) is 0 Å². The molecule has 1 saturated heterocycles. The number of rotatable bonds is 9. The van der Waals surface area contributed by atoms with E-state index >= 15 is 0 Å². The van der Waals surface area contributed by atoms with Gasteiger partial charge in [0, 0.05) is 55.4 Å². The van der Waals surface area contributed by atoms with Crippen molar-refractivity contribution in [2.45, 2.75) is 69.9 Å². The number of nitrogens with one attached hydrogen (secondary N) is 1. The first-order chi connectivity index (χ1) is 19.5. The highest BCUT2D eigenvalue weighted by Crippen LogP contribution is 2.34. The number of anilines is 1. The first kappa shape index (κ1) is 27.8. The number of nitrogens with zero attached hydrogens (tertiary/aromatic N) is 3. The van der Waals surface area contributed by atoms with Gasteiger partial charge in [-0.3, -0.25) is 14.6 Å². The fraction of sp³-hybridized carbons (Fsp3) is 0.424. The fourth-order valence-corrected chi connectivity index (χ4v) is 6.19. The maximum absolute atomic E-state index is 14.6. The van der Waals surface area contributed by atoms with E-state index in [1.54, 1.807) is 18.2 Å². The van der Waals surface area contributed by atoms with E-state index in [2.05, 4.69) is 22.1 Å². The first-order valence-electron chi connectivity index (χ1n) is 14.6. The van der Waals surface area contributed by atoms with Gasteiger partial charge in [-0.05, 0) is 73.6 Å². The number of aryl methyl sites for hydroxylation is 1. The van der Waals surface area contributed by atoms with Crippen molar-refractivity contribution >= 4 is 17.5 Å². The lowest BCUT2D eigenvalue weighted by molar-refractivity contribution is -0.123. The van der Waals surface area contributed by atoms with Crippen molar-refractivity contribution in [3.63, 3.8) is 0 Å². The molecule has 1 aliphatic heterocycles. The number of halogens is 1. The standard InChI is InChI=1S/C33H39FN4O2/c1-3-4-7-28(27-8-5-6-9-30(27)34)32(39)36-31-13-12-23-10-11-24(22-29(23)31)33(40)37(2)25-16-20-38(21-17-25)26-14-18-35-19-15-26/h5-6,8-11,14-15,18-19,22,25,28,31H,3-4,7,12-13,16-17,20-21H2,1-2H3,(H,36,39)/t28?,31-/m1/s1. The number of carbonyl (C=O) groups is 2. The van der Waals surface area contributed by atoms with Crippen LogP contribution in [0, 0.1) is 5.82 Å². The molecular formula is C33H39FN4O2. The zero-order valence-electron chi connectivity index (χ0n) is 23.5. The molecule has 2 heterocycles. The number of pyridine rings is 1. The number of aromatic nitrogens is 1. The number of carbonyl (C=O) groups excluding carboxylic acids is 2. The van der Waals surface area contributed by atoms with Gasteiger partial charge in [-0.25, -0.2) is 4.39 Å². The summed E-state index contributed by atoms with van der Waals surface area (Å²) in [5.41, 5.74) is 4.43. The highest BCUT2D eigenvalue weighted by Gasteiger charge is 2.31. The normalized spacial score (nSPS) is 17.8. The summed E-state index contributed by atoms with van der Waals surface area (Å²) in [6.07, 6.45) is 9.44. The molecule has 0 saturated carbocycles. The van der Waals surface area contributed by atoms with Crippen LogP contribution in [-0.2, 0) is 11.2 Å². The van der Waals surface area contributed by atoms with Gasteiger partial charge in [-0.2, -0.15) is 0 Å². The molecule has 1 aromatic heterocycles. The summed E-state index contributed by atoms with van der Waals surface area (Å²) in [5.74, 6) is -1.01. The number of benzene rings is 2. The van der Waals surface area contributed by atoms with Crippen LogP contribution in [-0.4, -0.2) is 47.9 Å². The summed E-state index contributed by atoms with van der Waals surface area (Å²) in [4.78, 5) is 35.3. The third-order valence-corrected chi connectivity index (χ3v) is 8.59. The molecule has 0 radical (unpaired) electrons. The van der Waals surface area contributed by atoms with Gasteiger partial charge in [0.2, 0.25) is 5.91 Å². The quantitative estimate of drug-likeness (QED) is 0.358. The van der Waals surface area contributed by atoms with Crippen molar-refractivity contribution in [1.82, 2.24) is 15.2 Å². The van der Waals surface area contributed by atoms with Gasteiger partial charge in [0.15, 0.2) is 0 Å². The Morgan fingerprint density at radius 2 is 1.82 bits per heavy atom. The Morgan fingerprint density at radius 3 is 2.55 bits per heavy atom. The van der Waals surface area contributed by atoms with Crippen molar-refractivity contribution in [3.8, 4) is 0 Å². The fourth-order valence-electron chi connectivity index (χ4n) is 6.19. The molecule has 2 amide bonds. The molecule has 2 aromatic carbocycles. The molecule has 40 heavy (non-hydrogen) atoms. The molecule has 6 nitrogen and oxygen atoms in total. The highest BCUT2D eigenvalue weighted by atomic mass is 19.1. The number of hydrogen-bond acceptors (Lipinski definition) is 4.